The molecule has 7 heteroatoms. The largest absolute Gasteiger partial charge is 0.459 e. The molecule has 2 N–H and O–H groups in total. The summed E-state index contributed by atoms with van der Waals surface area (Å²) in [5.41, 5.74) is 5.64. The summed E-state index contributed by atoms with van der Waals surface area (Å²) in [6, 6.07) is 3.75. The Balaban J connectivity index is 1.38. The number of aromatic nitrogens is 1. The summed E-state index contributed by atoms with van der Waals surface area (Å²) in [5, 5.41) is 2.58. The number of hydrogen-bond acceptors (Lipinski definition) is 5. The lowest BCUT2D eigenvalue weighted by atomic mass is 9.86. The minimum atomic E-state index is -0.275. The summed E-state index contributed by atoms with van der Waals surface area (Å²) in [7, 11) is 0. The number of rotatable bonds is 6. The van der Waals surface area contributed by atoms with Crippen LogP contribution in [0.3, 0.4) is 0 Å². The van der Waals surface area contributed by atoms with E-state index in [0.717, 1.165) is 17.2 Å². The van der Waals surface area contributed by atoms with Gasteiger partial charge in [-0.15, -0.1) is 11.3 Å². The van der Waals surface area contributed by atoms with E-state index in [9.17, 15) is 9.59 Å². The van der Waals surface area contributed by atoms with Gasteiger partial charge in [-0.1, -0.05) is 32.1 Å². The van der Waals surface area contributed by atoms with Gasteiger partial charge in [0.25, 0.3) is 0 Å². The van der Waals surface area contributed by atoms with Crippen molar-refractivity contribution in [3.05, 3.63) is 29.0 Å². The first-order valence-electron chi connectivity index (χ1n) is 9.19. The van der Waals surface area contributed by atoms with Crippen LogP contribution in [0, 0.1) is 12.8 Å². The maximum absolute atomic E-state index is 12.0. The van der Waals surface area contributed by atoms with Crippen LogP contribution in [-0.2, 0) is 16.0 Å². The van der Waals surface area contributed by atoms with Gasteiger partial charge in [-0.25, -0.2) is 4.98 Å². The summed E-state index contributed by atoms with van der Waals surface area (Å²) in [6.45, 7) is 1.88. The van der Waals surface area contributed by atoms with E-state index in [1.54, 1.807) is 0 Å². The second kappa shape index (κ2) is 8.98. The molecule has 2 aromatic rings. The molecule has 1 fully saturated rings. The van der Waals surface area contributed by atoms with Crippen molar-refractivity contribution in [3.63, 3.8) is 0 Å². The second-order valence-corrected chi connectivity index (χ2v) is 7.73. The minimum Gasteiger partial charge on any atom is -0.459 e. The normalized spacial score (nSPS) is 15.0. The lowest BCUT2D eigenvalue weighted by molar-refractivity contribution is -0.128. The molecule has 3 rings (SSSR count). The third-order valence-corrected chi connectivity index (χ3v) is 5.60. The van der Waals surface area contributed by atoms with Gasteiger partial charge in [0.2, 0.25) is 11.8 Å². The van der Waals surface area contributed by atoms with Gasteiger partial charge in [0, 0.05) is 11.8 Å². The molecule has 0 atom stereocenters. The standard InChI is InChI=1S/C19H25N3O3S/c1-13-7-9-16(25-13)19-20-15(12-26-19)11-18(24)22-21-17(23)10-8-14-5-3-2-4-6-14/h7,9,12,14H,2-6,8,10-11H2,1H3,(H,21,23)(H,22,24). The quantitative estimate of drug-likeness (QED) is 0.753. The van der Waals surface area contributed by atoms with Crippen LogP contribution in [0.2, 0.25) is 0 Å². The number of aryl methyl sites for hydroxylation is 1. The monoisotopic (exact) mass is 375 g/mol. The highest BCUT2D eigenvalue weighted by molar-refractivity contribution is 7.13. The van der Waals surface area contributed by atoms with Crippen molar-refractivity contribution in [3.8, 4) is 10.8 Å². The highest BCUT2D eigenvalue weighted by Crippen LogP contribution is 2.27. The number of nitrogens with one attached hydrogen (secondary N) is 2. The number of nitrogens with zero attached hydrogens (tertiary/aromatic N) is 1. The SMILES string of the molecule is Cc1ccc(-c2nc(CC(=O)NNC(=O)CCC3CCCCC3)cs2)o1. The van der Waals surface area contributed by atoms with Crippen LogP contribution in [0.25, 0.3) is 10.8 Å². The molecule has 0 unspecified atom stereocenters. The molecular weight excluding hydrogens is 350 g/mol. The van der Waals surface area contributed by atoms with Crippen LogP contribution < -0.4 is 10.9 Å². The van der Waals surface area contributed by atoms with Crippen molar-refractivity contribution in [2.24, 2.45) is 5.92 Å². The van der Waals surface area contributed by atoms with Gasteiger partial charge >= 0.3 is 0 Å². The van der Waals surface area contributed by atoms with Crippen LogP contribution in [-0.4, -0.2) is 16.8 Å². The van der Waals surface area contributed by atoms with Crippen LogP contribution in [0.15, 0.2) is 21.9 Å². The molecule has 140 valence electrons. The Hall–Kier alpha value is -2.15. The lowest BCUT2D eigenvalue weighted by Crippen LogP contribution is -2.42. The molecule has 1 aliphatic rings. The highest BCUT2D eigenvalue weighted by atomic mass is 32.1. The summed E-state index contributed by atoms with van der Waals surface area (Å²) >= 11 is 1.43. The number of carbonyl (C=O) groups is 2. The van der Waals surface area contributed by atoms with Gasteiger partial charge < -0.3 is 4.42 Å². The Bertz CT molecular complexity index is 747. The van der Waals surface area contributed by atoms with E-state index in [-0.39, 0.29) is 18.2 Å². The number of furan rings is 1. The molecule has 0 bridgehead atoms. The molecule has 6 nitrogen and oxygen atoms in total. The van der Waals surface area contributed by atoms with Crippen molar-refractivity contribution in [1.29, 1.82) is 0 Å². The molecular formula is C19H25N3O3S. The first-order valence-corrected chi connectivity index (χ1v) is 10.1. The van der Waals surface area contributed by atoms with Gasteiger partial charge in [0.05, 0.1) is 12.1 Å². The molecule has 2 heterocycles. The van der Waals surface area contributed by atoms with E-state index >= 15 is 0 Å². The topological polar surface area (TPSA) is 84.2 Å². The van der Waals surface area contributed by atoms with Gasteiger partial charge in [0.1, 0.15) is 5.76 Å². The van der Waals surface area contributed by atoms with Gasteiger partial charge in [-0.05, 0) is 31.4 Å². The zero-order valence-corrected chi connectivity index (χ0v) is 15.9. The van der Waals surface area contributed by atoms with Crippen molar-refractivity contribution >= 4 is 23.2 Å². The van der Waals surface area contributed by atoms with E-state index in [1.807, 2.05) is 24.4 Å². The predicted molar refractivity (Wildman–Crippen MR) is 100 cm³/mol. The average molecular weight is 375 g/mol. The van der Waals surface area contributed by atoms with Gasteiger partial charge in [-0.2, -0.15) is 0 Å². The van der Waals surface area contributed by atoms with Crippen LogP contribution in [0.4, 0.5) is 0 Å². The van der Waals surface area contributed by atoms with Crippen LogP contribution >= 0.6 is 11.3 Å². The molecule has 2 amide bonds. The van der Waals surface area contributed by atoms with Crippen molar-refractivity contribution < 1.29 is 14.0 Å². The fourth-order valence-corrected chi connectivity index (χ4v) is 4.05. The first kappa shape index (κ1) is 18.6. The first-order chi connectivity index (χ1) is 12.6. The van der Waals surface area contributed by atoms with Crippen molar-refractivity contribution in [2.45, 2.75) is 58.3 Å². The molecule has 0 saturated heterocycles. The summed E-state index contributed by atoms with van der Waals surface area (Å²) in [4.78, 5) is 28.3. The molecule has 0 radical (unpaired) electrons. The summed E-state index contributed by atoms with van der Waals surface area (Å²) < 4.78 is 5.53. The number of carbonyl (C=O) groups excluding carboxylic acids is 2. The number of thiazole rings is 1. The number of amides is 2. The number of hydrazine groups is 1. The second-order valence-electron chi connectivity index (χ2n) is 6.87. The smallest absolute Gasteiger partial charge is 0.244 e. The summed E-state index contributed by atoms with van der Waals surface area (Å²) in [5.74, 6) is 1.78. The molecule has 2 aromatic heterocycles. The molecule has 1 aliphatic carbocycles. The maximum atomic E-state index is 12.0. The van der Waals surface area contributed by atoms with E-state index in [1.165, 1.54) is 43.4 Å². The fraction of sp³-hybridized carbons (Fsp3) is 0.526. The van der Waals surface area contributed by atoms with Gasteiger partial charge in [0.15, 0.2) is 10.8 Å². The molecule has 1 saturated carbocycles. The van der Waals surface area contributed by atoms with Crippen molar-refractivity contribution in [2.75, 3.05) is 0 Å². The minimum absolute atomic E-state index is 0.124. The van der Waals surface area contributed by atoms with E-state index in [4.69, 9.17) is 4.42 Å². The fourth-order valence-electron chi connectivity index (χ4n) is 3.27. The summed E-state index contributed by atoms with van der Waals surface area (Å²) in [6.07, 6.45) is 7.80. The van der Waals surface area contributed by atoms with E-state index in [2.05, 4.69) is 15.8 Å². The Morgan fingerprint density at radius 2 is 1.96 bits per heavy atom. The third-order valence-electron chi connectivity index (χ3n) is 4.69. The van der Waals surface area contributed by atoms with Gasteiger partial charge in [-0.3, -0.25) is 20.4 Å². The highest BCUT2D eigenvalue weighted by Gasteiger charge is 2.15. The predicted octanol–water partition coefficient (Wildman–Crippen LogP) is 3.76. The zero-order chi connectivity index (χ0) is 18.4. The Kier molecular flexibility index (Phi) is 6.44. The lowest BCUT2D eigenvalue weighted by Gasteiger charge is -2.20. The van der Waals surface area contributed by atoms with Crippen molar-refractivity contribution in [1.82, 2.24) is 15.8 Å². The zero-order valence-electron chi connectivity index (χ0n) is 15.0. The Morgan fingerprint density at radius 1 is 1.19 bits per heavy atom. The van der Waals surface area contributed by atoms with E-state index in [0.29, 0.717) is 23.8 Å². The maximum Gasteiger partial charge on any atom is 0.244 e. The molecule has 26 heavy (non-hydrogen) atoms. The third kappa shape index (κ3) is 5.42. The molecule has 0 aliphatic heterocycles. The molecule has 0 aromatic carbocycles. The Morgan fingerprint density at radius 3 is 2.69 bits per heavy atom. The average Bonchev–Trinajstić information content (AvgIpc) is 3.28. The van der Waals surface area contributed by atoms with Crippen LogP contribution in [0.1, 0.15) is 56.4 Å². The number of hydrogen-bond donors (Lipinski definition) is 2. The molecule has 0 spiro atoms. The van der Waals surface area contributed by atoms with E-state index < -0.39 is 0 Å². The Labute approximate surface area is 157 Å². The van der Waals surface area contributed by atoms with Crippen LogP contribution in [0.5, 0.6) is 0 Å².